The number of thiophene rings is 1. The topological polar surface area (TPSA) is 52.6 Å². The summed E-state index contributed by atoms with van der Waals surface area (Å²) in [6.45, 7) is 7.94. The van der Waals surface area contributed by atoms with Gasteiger partial charge < -0.3 is 14.7 Å². The van der Waals surface area contributed by atoms with E-state index in [0.717, 1.165) is 67.4 Å². The monoisotopic (exact) mass is 425 g/mol. The lowest BCUT2D eigenvalue weighted by molar-refractivity contribution is -0.131. The molecule has 30 heavy (non-hydrogen) atoms. The van der Waals surface area contributed by atoms with Crippen LogP contribution in [0.3, 0.4) is 0 Å². The highest BCUT2D eigenvalue weighted by molar-refractivity contribution is 7.10. The number of rotatable bonds is 4. The smallest absolute Gasteiger partial charge is 0.228 e. The number of amides is 1. The molecule has 0 spiro atoms. The molecule has 3 aliphatic rings. The lowest BCUT2D eigenvalue weighted by Gasteiger charge is -2.35. The van der Waals surface area contributed by atoms with Gasteiger partial charge in [0.15, 0.2) is 0 Å². The van der Waals surface area contributed by atoms with E-state index >= 15 is 0 Å². The standard InChI is InChI=1S/C23H31N5OS/c1-17-6-11-27(12-7-17)23-24-20-8-13-28(21(29)15-18-5-4-14-30-18)16-19(20)22(25-23)26-9-2-3-10-26/h4-5,14,17H,2-3,6-13,15-16H2,1H3. The van der Waals surface area contributed by atoms with Crippen LogP contribution in [0.5, 0.6) is 0 Å². The molecule has 1 amide bonds. The largest absolute Gasteiger partial charge is 0.356 e. The number of fused-ring (bicyclic) bond motifs is 1. The summed E-state index contributed by atoms with van der Waals surface area (Å²) in [5.41, 5.74) is 2.33. The third kappa shape index (κ3) is 4.04. The first-order valence-electron chi connectivity index (χ1n) is 11.4. The summed E-state index contributed by atoms with van der Waals surface area (Å²) in [5, 5.41) is 2.04. The number of carbonyl (C=O) groups excluding carboxylic acids is 1. The van der Waals surface area contributed by atoms with E-state index < -0.39 is 0 Å². The second-order valence-corrected chi connectivity index (χ2v) is 9.99. The molecule has 0 N–H and O–H groups in total. The minimum atomic E-state index is 0.213. The SMILES string of the molecule is CC1CCN(c2nc3c(c(N4CCCC4)n2)CN(C(=O)Cc2cccs2)CC3)CC1. The van der Waals surface area contributed by atoms with Gasteiger partial charge in [-0.25, -0.2) is 4.98 Å². The molecular formula is C23H31N5OS. The molecule has 2 saturated heterocycles. The number of piperidine rings is 1. The Hall–Kier alpha value is -2.15. The highest BCUT2D eigenvalue weighted by Crippen LogP contribution is 2.32. The van der Waals surface area contributed by atoms with Crippen LogP contribution < -0.4 is 9.80 Å². The predicted octanol–water partition coefficient (Wildman–Crippen LogP) is 3.50. The molecule has 2 aromatic heterocycles. The van der Waals surface area contributed by atoms with Crippen LogP contribution in [-0.4, -0.2) is 53.5 Å². The number of carbonyl (C=O) groups is 1. The van der Waals surface area contributed by atoms with Crippen LogP contribution in [0.15, 0.2) is 17.5 Å². The first kappa shape index (κ1) is 19.8. The fraction of sp³-hybridized carbons (Fsp3) is 0.609. The molecular weight excluding hydrogens is 394 g/mol. The number of hydrogen-bond acceptors (Lipinski definition) is 6. The maximum Gasteiger partial charge on any atom is 0.228 e. The zero-order chi connectivity index (χ0) is 20.5. The molecule has 160 valence electrons. The summed E-state index contributed by atoms with van der Waals surface area (Å²) >= 11 is 1.66. The van der Waals surface area contributed by atoms with Crippen LogP contribution >= 0.6 is 11.3 Å². The number of nitrogens with zero attached hydrogens (tertiary/aromatic N) is 5. The van der Waals surface area contributed by atoms with E-state index in [-0.39, 0.29) is 5.91 Å². The Balaban J connectivity index is 1.41. The van der Waals surface area contributed by atoms with E-state index in [9.17, 15) is 4.79 Å². The van der Waals surface area contributed by atoms with Crippen LogP contribution in [-0.2, 0) is 24.2 Å². The summed E-state index contributed by atoms with van der Waals surface area (Å²) in [4.78, 5) is 31.0. The zero-order valence-electron chi connectivity index (χ0n) is 17.8. The van der Waals surface area contributed by atoms with Gasteiger partial charge in [0.1, 0.15) is 5.82 Å². The average Bonchev–Trinajstić information content (AvgIpc) is 3.47. The van der Waals surface area contributed by atoms with Crippen molar-refractivity contribution in [3.63, 3.8) is 0 Å². The Kier molecular flexibility index (Phi) is 5.63. The summed E-state index contributed by atoms with van der Waals surface area (Å²) in [5.74, 6) is 2.99. The molecule has 2 aromatic rings. The third-order valence-electron chi connectivity index (χ3n) is 6.76. The van der Waals surface area contributed by atoms with Gasteiger partial charge in [-0.15, -0.1) is 11.3 Å². The lowest BCUT2D eigenvalue weighted by Crippen LogP contribution is -2.40. The van der Waals surface area contributed by atoms with Crippen LogP contribution in [0.1, 0.15) is 48.7 Å². The van der Waals surface area contributed by atoms with Crippen LogP contribution in [0.4, 0.5) is 11.8 Å². The minimum Gasteiger partial charge on any atom is -0.356 e. The Morgan fingerprint density at radius 1 is 1.10 bits per heavy atom. The van der Waals surface area contributed by atoms with Crippen molar-refractivity contribution < 1.29 is 4.79 Å². The summed E-state index contributed by atoms with van der Waals surface area (Å²) in [7, 11) is 0. The minimum absolute atomic E-state index is 0.213. The molecule has 6 nitrogen and oxygen atoms in total. The average molecular weight is 426 g/mol. The van der Waals surface area contributed by atoms with Gasteiger partial charge in [0.05, 0.1) is 18.7 Å². The quantitative estimate of drug-likeness (QED) is 0.750. The van der Waals surface area contributed by atoms with E-state index in [4.69, 9.17) is 9.97 Å². The number of hydrogen-bond donors (Lipinski definition) is 0. The van der Waals surface area contributed by atoms with Crippen LogP contribution in [0.2, 0.25) is 0 Å². The lowest BCUT2D eigenvalue weighted by atomic mass is 9.99. The molecule has 0 unspecified atom stereocenters. The highest BCUT2D eigenvalue weighted by atomic mass is 32.1. The van der Waals surface area contributed by atoms with E-state index in [1.165, 1.54) is 31.2 Å². The molecule has 2 fully saturated rings. The second kappa shape index (κ2) is 8.53. The predicted molar refractivity (Wildman–Crippen MR) is 121 cm³/mol. The molecule has 0 aromatic carbocycles. The van der Waals surface area contributed by atoms with E-state index in [1.807, 2.05) is 22.4 Å². The van der Waals surface area contributed by atoms with Gasteiger partial charge in [-0.05, 0) is 43.0 Å². The molecule has 0 bridgehead atoms. The van der Waals surface area contributed by atoms with Crippen molar-refractivity contribution in [2.24, 2.45) is 5.92 Å². The summed E-state index contributed by atoms with van der Waals surface area (Å²) in [6.07, 6.45) is 6.19. The van der Waals surface area contributed by atoms with Gasteiger partial charge in [0.2, 0.25) is 11.9 Å². The first-order valence-corrected chi connectivity index (χ1v) is 12.2. The fourth-order valence-corrected chi connectivity index (χ4v) is 5.51. The molecule has 0 radical (unpaired) electrons. The van der Waals surface area contributed by atoms with Crippen molar-refractivity contribution >= 4 is 29.0 Å². The molecule has 0 aliphatic carbocycles. The van der Waals surface area contributed by atoms with E-state index in [1.54, 1.807) is 11.3 Å². The van der Waals surface area contributed by atoms with E-state index in [0.29, 0.717) is 13.0 Å². The molecule has 5 heterocycles. The number of anilines is 2. The van der Waals surface area contributed by atoms with Gasteiger partial charge in [-0.2, -0.15) is 4.98 Å². The van der Waals surface area contributed by atoms with Gasteiger partial charge in [0.25, 0.3) is 0 Å². The molecule has 7 heteroatoms. The maximum absolute atomic E-state index is 12.9. The molecule has 0 atom stereocenters. The third-order valence-corrected chi connectivity index (χ3v) is 7.63. The maximum atomic E-state index is 12.9. The Morgan fingerprint density at radius 2 is 1.90 bits per heavy atom. The Morgan fingerprint density at radius 3 is 2.63 bits per heavy atom. The Bertz CT molecular complexity index is 885. The molecule has 5 rings (SSSR count). The second-order valence-electron chi connectivity index (χ2n) is 8.96. The van der Waals surface area contributed by atoms with Crippen LogP contribution in [0, 0.1) is 5.92 Å². The van der Waals surface area contributed by atoms with Crippen molar-refractivity contribution in [3.8, 4) is 0 Å². The molecule has 3 aliphatic heterocycles. The van der Waals surface area contributed by atoms with E-state index in [2.05, 4.69) is 16.7 Å². The van der Waals surface area contributed by atoms with Crippen molar-refractivity contribution in [1.82, 2.24) is 14.9 Å². The highest BCUT2D eigenvalue weighted by Gasteiger charge is 2.30. The van der Waals surface area contributed by atoms with Crippen LogP contribution in [0.25, 0.3) is 0 Å². The molecule has 0 saturated carbocycles. The zero-order valence-corrected chi connectivity index (χ0v) is 18.7. The summed E-state index contributed by atoms with van der Waals surface area (Å²) in [6, 6.07) is 4.06. The van der Waals surface area contributed by atoms with Gasteiger partial charge >= 0.3 is 0 Å². The van der Waals surface area contributed by atoms with Gasteiger partial charge in [0, 0.05) is 49.6 Å². The van der Waals surface area contributed by atoms with Gasteiger partial charge in [-0.1, -0.05) is 13.0 Å². The van der Waals surface area contributed by atoms with Crippen molar-refractivity contribution in [2.45, 2.75) is 52.0 Å². The first-order chi connectivity index (χ1) is 14.7. The summed E-state index contributed by atoms with van der Waals surface area (Å²) < 4.78 is 0. The fourth-order valence-electron chi connectivity index (χ4n) is 4.81. The normalized spacial score (nSPS) is 20.0. The van der Waals surface area contributed by atoms with Crippen molar-refractivity contribution in [2.75, 3.05) is 42.5 Å². The Labute approximate surface area is 182 Å². The van der Waals surface area contributed by atoms with Gasteiger partial charge in [-0.3, -0.25) is 4.79 Å². The van der Waals surface area contributed by atoms with Crippen molar-refractivity contribution in [1.29, 1.82) is 0 Å². The number of aromatic nitrogens is 2. The van der Waals surface area contributed by atoms with Crippen molar-refractivity contribution in [3.05, 3.63) is 33.6 Å².